The van der Waals surface area contributed by atoms with Crippen molar-refractivity contribution in [1.82, 2.24) is 4.98 Å². The number of nitro benzene ring substituents is 1. The molecule has 8 heteroatoms. The largest absolute Gasteiger partial charge is 0.316 e. The van der Waals surface area contributed by atoms with Gasteiger partial charge in [-0.25, -0.2) is 4.98 Å². The molecule has 21 heavy (non-hydrogen) atoms. The molecule has 1 aromatic heterocycles. The number of carbonyl (C=O) groups excluding carboxylic acids is 1. The molecule has 1 N–H and O–H groups in total. The predicted octanol–water partition coefficient (Wildman–Crippen LogP) is 2.25. The molecule has 0 saturated heterocycles. The minimum absolute atomic E-state index is 0.0762. The first-order valence-electron chi connectivity index (χ1n) is 5.63. The van der Waals surface area contributed by atoms with Crippen molar-refractivity contribution in [2.45, 2.75) is 0 Å². The summed E-state index contributed by atoms with van der Waals surface area (Å²) >= 11 is 0. The Labute approximate surface area is 117 Å². The van der Waals surface area contributed by atoms with E-state index in [1.165, 1.54) is 30.5 Å². The molecule has 1 heterocycles. The van der Waals surface area contributed by atoms with Gasteiger partial charge in [0.1, 0.15) is 5.69 Å². The van der Waals surface area contributed by atoms with Crippen LogP contribution in [-0.2, 0) is 0 Å². The third-order valence-corrected chi connectivity index (χ3v) is 2.58. The highest BCUT2D eigenvalue weighted by atomic mass is 19.1. The van der Waals surface area contributed by atoms with E-state index in [-0.39, 0.29) is 16.8 Å². The molecule has 104 valence electrons. The monoisotopic (exact) mass is 286 g/mol. The maximum atomic E-state index is 13.4. The van der Waals surface area contributed by atoms with Gasteiger partial charge < -0.3 is 5.32 Å². The number of halogens is 1. The molecule has 2 rings (SSSR count). The van der Waals surface area contributed by atoms with Crippen molar-refractivity contribution in [2.75, 3.05) is 5.32 Å². The molecular weight excluding hydrogens is 279 g/mol. The van der Waals surface area contributed by atoms with E-state index in [2.05, 4.69) is 10.3 Å². The van der Waals surface area contributed by atoms with Crippen molar-refractivity contribution in [2.24, 2.45) is 0 Å². The van der Waals surface area contributed by atoms with E-state index in [0.717, 1.165) is 6.07 Å². The lowest BCUT2D eigenvalue weighted by molar-refractivity contribution is -0.383. The highest BCUT2D eigenvalue weighted by Crippen LogP contribution is 2.26. The van der Waals surface area contributed by atoms with Crippen LogP contribution in [0.1, 0.15) is 15.9 Å². The van der Waals surface area contributed by atoms with Gasteiger partial charge in [-0.15, -0.1) is 0 Å². The summed E-state index contributed by atoms with van der Waals surface area (Å²) in [7, 11) is 0. The number of nitriles is 1. The van der Waals surface area contributed by atoms with E-state index in [9.17, 15) is 19.3 Å². The summed E-state index contributed by atoms with van der Waals surface area (Å²) in [5.74, 6) is -1.85. The summed E-state index contributed by atoms with van der Waals surface area (Å²) < 4.78 is 13.4. The number of aromatic nitrogens is 1. The Morgan fingerprint density at radius 1 is 1.43 bits per heavy atom. The number of hydrogen-bond acceptors (Lipinski definition) is 5. The van der Waals surface area contributed by atoms with Crippen LogP contribution in [0, 0.1) is 27.4 Å². The summed E-state index contributed by atoms with van der Waals surface area (Å²) in [5, 5.41) is 21.9. The number of hydrogen-bond donors (Lipinski definition) is 1. The number of rotatable bonds is 3. The van der Waals surface area contributed by atoms with E-state index in [4.69, 9.17) is 5.26 Å². The predicted molar refractivity (Wildman–Crippen MR) is 70.0 cm³/mol. The van der Waals surface area contributed by atoms with Crippen LogP contribution in [0.3, 0.4) is 0 Å². The first-order chi connectivity index (χ1) is 10.0. The molecule has 7 nitrogen and oxygen atoms in total. The minimum atomic E-state index is -0.980. The summed E-state index contributed by atoms with van der Waals surface area (Å²) in [6, 6.07) is 7.87. The molecular formula is C13H7FN4O3. The molecule has 0 aliphatic rings. The Bertz CT molecular complexity index is 770. The normalized spacial score (nSPS) is 9.71. The fourth-order valence-electron chi connectivity index (χ4n) is 1.60. The Kier molecular flexibility index (Phi) is 3.85. The van der Waals surface area contributed by atoms with Gasteiger partial charge in [0.05, 0.1) is 22.1 Å². The Hall–Kier alpha value is -3.34. The van der Waals surface area contributed by atoms with E-state index in [0.29, 0.717) is 0 Å². The number of nitrogens with one attached hydrogen (secondary N) is 1. The van der Waals surface area contributed by atoms with Gasteiger partial charge in [0, 0.05) is 12.3 Å². The highest BCUT2D eigenvalue weighted by Gasteiger charge is 2.19. The van der Waals surface area contributed by atoms with Gasteiger partial charge in [0.25, 0.3) is 11.6 Å². The first kappa shape index (κ1) is 14.1. The zero-order chi connectivity index (χ0) is 15.4. The highest BCUT2D eigenvalue weighted by molar-refractivity contribution is 6.05. The summed E-state index contributed by atoms with van der Waals surface area (Å²) in [6.07, 6.45) is 1.18. The van der Waals surface area contributed by atoms with E-state index >= 15 is 0 Å². The van der Waals surface area contributed by atoms with Crippen molar-refractivity contribution in [1.29, 1.82) is 5.26 Å². The molecule has 0 fully saturated rings. The molecule has 0 radical (unpaired) electrons. The van der Waals surface area contributed by atoms with Crippen molar-refractivity contribution in [3.8, 4) is 6.07 Å². The zero-order valence-electron chi connectivity index (χ0n) is 10.4. The maximum absolute atomic E-state index is 13.4. The fraction of sp³-hybridized carbons (Fsp3) is 0. The molecule has 0 atom stereocenters. The molecule has 2 aromatic rings. The third-order valence-electron chi connectivity index (χ3n) is 2.58. The van der Waals surface area contributed by atoms with Gasteiger partial charge in [0.2, 0.25) is 5.95 Å². The van der Waals surface area contributed by atoms with Crippen LogP contribution in [0.4, 0.5) is 15.8 Å². The molecule has 1 aromatic carbocycles. The quantitative estimate of drug-likeness (QED) is 0.528. The van der Waals surface area contributed by atoms with Gasteiger partial charge >= 0.3 is 0 Å². The van der Waals surface area contributed by atoms with E-state index in [1.54, 1.807) is 6.07 Å². The molecule has 0 bridgehead atoms. The number of nitrogens with zero attached hydrogens (tertiary/aromatic N) is 3. The van der Waals surface area contributed by atoms with Crippen LogP contribution in [0.15, 0.2) is 36.5 Å². The zero-order valence-corrected chi connectivity index (χ0v) is 10.4. The molecule has 0 spiro atoms. The second-order valence-electron chi connectivity index (χ2n) is 3.90. The number of amides is 1. The van der Waals surface area contributed by atoms with Crippen LogP contribution in [0.2, 0.25) is 0 Å². The van der Waals surface area contributed by atoms with Gasteiger partial charge in [-0.3, -0.25) is 14.9 Å². The molecule has 0 aliphatic carbocycles. The van der Waals surface area contributed by atoms with Gasteiger partial charge in [-0.2, -0.15) is 9.65 Å². The third kappa shape index (κ3) is 2.98. The van der Waals surface area contributed by atoms with Crippen molar-refractivity contribution < 1.29 is 14.1 Å². The standard InChI is InChI=1S/C13H7FN4O3/c14-12-9(2-1-5-16-12)13(19)17-10-4-3-8(7-15)6-11(10)18(20)21/h1-6H,(H,17,19). The lowest BCUT2D eigenvalue weighted by atomic mass is 10.1. The number of carbonyl (C=O) groups is 1. The van der Waals surface area contributed by atoms with Crippen LogP contribution in [0.5, 0.6) is 0 Å². The smallest absolute Gasteiger partial charge is 0.294 e. The average molecular weight is 286 g/mol. The molecule has 0 unspecified atom stereocenters. The Morgan fingerprint density at radius 3 is 2.81 bits per heavy atom. The van der Waals surface area contributed by atoms with Gasteiger partial charge in [-0.1, -0.05) is 0 Å². The van der Waals surface area contributed by atoms with Crippen LogP contribution in [0.25, 0.3) is 0 Å². The molecule has 0 aliphatic heterocycles. The van der Waals surface area contributed by atoms with E-state index < -0.39 is 22.5 Å². The Balaban J connectivity index is 2.36. The van der Waals surface area contributed by atoms with Crippen molar-refractivity contribution >= 4 is 17.3 Å². The minimum Gasteiger partial charge on any atom is -0.316 e. The fourth-order valence-corrected chi connectivity index (χ4v) is 1.60. The molecule has 1 amide bonds. The van der Waals surface area contributed by atoms with Crippen molar-refractivity contribution in [3.05, 3.63) is 63.7 Å². The average Bonchev–Trinajstić information content (AvgIpc) is 2.47. The summed E-state index contributed by atoms with van der Waals surface area (Å²) in [6.45, 7) is 0. The number of pyridine rings is 1. The molecule has 0 saturated carbocycles. The lowest BCUT2D eigenvalue weighted by Gasteiger charge is -2.06. The van der Waals surface area contributed by atoms with Gasteiger partial charge in [-0.05, 0) is 24.3 Å². The van der Waals surface area contributed by atoms with Gasteiger partial charge in [0.15, 0.2) is 0 Å². The maximum Gasteiger partial charge on any atom is 0.294 e. The first-order valence-corrected chi connectivity index (χ1v) is 5.63. The van der Waals surface area contributed by atoms with Crippen LogP contribution >= 0.6 is 0 Å². The van der Waals surface area contributed by atoms with Crippen LogP contribution in [-0.4, -0.2) is 15.8 Å². The summed E-state index contributed by atoms with van der Waals surface area (Å²) in [4.78, 5) is 25.4. The number of benzene rings is 1. The van der Waals surface area contributed by atoms with Crippen molar-refractivity contribution in [3.63, 3.8) is 0 Å². The second kappa shape index (κ2) is 5.75. The number of anilines is 1. The van der Waals surface area contributed by atoms with E-state index in [1.807, 2.05) is 0 Å². The Morgan fingerprint density at radius 2 is 2.19 bits per heavy atom. The summed E-state index contributed by atoms with van der Waals surface area (Å²) in [5.41, 5.74) is -0.845. The topological polar surface area (TPSA) is 109 Å². The second-order valence-corrected chi connectivity index (χ2v) is 3.90. The lowest BCUT2D eigenvalue weighted by Crippen LogP contribution is -2.15. The SMILES string of the molecule is N#Cc1ccc(NC(=O)c2cccnc2F)c([N+](=O)[O-])c1. The number of nitro groups is 1. The van der Waals surface area contributed by atoms with Crippen LogP contribution < -0.4 is 5.32 Å².